The minimum absolute atomic E-state index is 0.0342. The van der Waals surface area contributed by atoms with Gasteiger partial charge in [-0.15, -0.1) is 13.2 Å². The number of halogens is 8. The summed E-state index contributed by atoms with van der Waals surface area (Å²) in [5.74, 6) is 4.00. The van der Waals surface area contributed by atoms with Crippen LogP contribution in [0.25, 0.3) is 0 Å². The Bertz CT molecular complexity index is 4350. The Hall–Kier alpha value is -10.5. The van der Waals surface area contributed by atoms with Crippen LogP contribution in [0.1, 0.15) is 176 Å². The molecule has 0 aliphatic rings. The van der Waals surface area contributed by atoms with Crippen LogP contribution in [0.15, 0.2) is 123 Å². The van der Waals surface area contributed by atoms with Crippen molar-refractivity contribution in [1.29, 1.82) is 0 Å². The van der Waals surface area contributed by atoms with Crippen LogP contribution < -0.4 is 33.3 Å². The first-order valence-corrected chi connectivity index (χ1v) is 36.3. The fraction of sp³-hybridized carbons (Fsp3) is 0.425. The van der Waals surface area contributed by atoms with Crippen molar-refractivity contribution in [1.82, 2.24) is 49.8 Å². The lowest BCUT2D eigenvalue weighted by atomic mass is 10.1. The van der Waals surface area contributed by atoms with Crippen molar-refractivity contribution in [3.05, 3.63) is 251 Å². The fourth-order valence-corrected chi connectivity index (χ4v) is 8.31. The van der Waals surface area contributed by atoms with Gasteiger partial charge in [-0.2, -0.15) is 22.0 Å². The van der Waals surface area contributed by atoms with Crippen LogP contribution in [-0.2, 0) is 12.6 Å². The number of aromatic nitrogens is 10. The van der Waals surface area contributed by atoms with Gasteiger partial charge in [-0.25, -0.2) is 29.9 Å². The van der Waals surface area contributed by atoms with Crippen molar-refractivity contribution in [2.75, 3.05) is 39.8 Å². The van der Waals surface area contributed by atoms with E-state index < -0.39 is 30.7 Å². The second-order valence-corrected chi connectivity index (χ2v) is 27.2. The third-order valence-electron chi connectivity index (χ3n) is 16.7. The summed E-state index contributed by atoms with van der Waals surface area (Å²) >= 11 is 0. The average molecular weight is 1560 g/mol. The summed E-state index contributed by atoms with van der Waals surface area (Å²) in [6.07, 6.45) is 9.40. The lowest BCUT2D eigenvalue weighted by molar-refractivity contribution is -0.276. The van der Waals surface area contributed by atoms with Gasteiger partial charge in [0.25, 0.3) is 0 Å². The summed E-state index contributed by atoms with van der Waals surface area (Å²) in [4.78, 5) is 41.7. The van der Waals surface area contributed by atoms with E-state index in [1.807, 2.05) is 163 Å². The van der Waals surface area contributed by atoms with E-state index in [1.54, 1.807) is 41.9 Å². The maximum atomic E-state index is 12.0. The summed E-state index contributed by atoms with van der Waals surface area (Å²) < 4.78 is 123. The van der Waals surface area contributed by atoms with E-state index in [1.165, 1.54) is 109 Å². The van der Waals surface area contributed by atoms with E-state index in [-0.39, 0.29) is 12.0 Å². The highest BCUT2D eigenvalue weighted by Crippen LogP contribution is 2.29. The zero-order valence-corrected chi connectivity index (χ0v) is 71.1. The van der Waals surface area contributed by atoms with E-state index in [4.69, 9.17) is 18.9 Å². The van der Waals surface area contributed by atoms with Crippen LogP contribution in [0.4, 0.5) is 40.9 Å². The van der Waals surface area contributed by atoms with E-state index in [2.05, 4.69) is 154 Å². The number of nitrogens with zero attached hydrogens (tertiary/aromatic N) is 11. The Morgan fingerprint density at radius 3 is 1.07 bits per heavy atom. The molecule has 112 heavy (non-hydrogen) atoms. The summed E-state index contributed by atoms with van der Waals surface area (Å²) in [5.41, 5.74) is 23.5. The van der Waals surface area contributed by atoms with Crippen LogP contribution in [-0.4, -0.2) is 104 Å². The molecule has 10 rings (SSSR count). The normalized spacial score (nSPS) is 10.4. The van der Waals surface area contributed by atoms with Gasteiger partial charge < -0.3 is 33.3 Å². The molecule has 10 aromatic rings. The van der Waals surface area contributed by atoms with Gasteiger partial charge in [-0.05, 0) is 296 Å². The molecular formula is C87H117F8N11O6. The van der Waals surface area contributed by atoms with Crippen LogP contribution in [0, 0.1) is 138 Å². The average Bonchev–Trinajstić information content (AvgIpc) is 0.842. The fourth-order valence-electron chi connectivity index (χ4n) is 8.31. The van der Waals surface area contributed by atoms with Crippen molar-refractivity contribution in [2.24, 2.45) is 0 Å². The Morgan fingerprint density at radius 1 is 0.357 bits per heavy atom. The first kappa shape index (κ1) is 99.5. The number of ether oxygens (including phenoxy) is 6. The monoisotopic (exact) mass is 1560 g/mol. The van der Waals surface area contributed by atoms with Gasteiger partial charge >= 0.3 is 19.2 Å². The molecule has 10 heterocycles. The first-order chi connectivity index (χ1) is 52.1. The maximum absolute atomic E-state index is 12.0. The van der Waals surface area contributed by atoms with E-state index >= 15 is 0 Å². The second kappa shape index (κ2) is 49.7. The Morgan fingerprint density at radius 2 is 0.714 bits per heavy atom. The van der Waals surface area contributed by atoms with E-state index in [0.29, 0.717) is 35.4 Å². The smallest absolute Gasteiger partial charge is 0.496 e. The summed E-state index contributed by atoms with van der Waals surface area (Å²) in [5, 5.41) is 0. The molecule has 0 spiro atoms. The van der Waals surface area contributed by atoms with Crippen LogP contribution in [0.2, 0.25) is 0 Å². The zero-order chi connectivity index (χ0) is 85.5. The number of rotatable bonds is 12. The highest BCUT2D eigenvalue weighted by Gasteiger charge is 2.33. The molecule has 0 aromatic carbocycles. The minimum Gasteiger partial charge on any atom is -0.496 e. The summed E-state index contributed by atoms with van der Waals surface area (Å²) in [6.45, 7) is 49.6. The predicted octanol–water partition coefficient (Wildman–Crippen LogP) is 22.5. The lowest BCUT2D eigenvalue weighted by Gasteiger charge is -2.12. The Balaban J connectivity index is 0.000000623. The van der Waals surface area contributed by atoms with Gasteiger partial charge in [0.2, 0.25) is 29.4 Å². The van der Waals surface area contributed by atoms with Crippen LogP contribution in [0.3, 0.4) is 0 Å². The molecule has 0 bridgehead atoms. The predicted molar refractivity (Wildman–Crippen MR) is 433 cm³/mol. The number of pyridine rings is 10. The van der Waals surface area contributed by atoms with E-state index in [0.717, 1.165) is 63.4 Å². The van der Waals surface area contributed by atoms with Gasteiger partial charge in [0.1, 0.15) is 17.3 Å². The molecule has 0 aliphatic heterocycles. The molecule has 10 aromatic heterocycles. The van der Waals surface area contributed by atoms with Gasteiger partial charge in [0.15, 0.2) is 0 Å². The number of hydrogen-bond donors (Lipinski definition) is 0. The summed E-state index contributed by atoms with van der Waals surface area (Å²) in [7, 11) is 7.20. The second-order valence-electron chi connectivity index (χ2n) is 27.2. The molecule has 0 saturated carbocycles. The largest absolute Gasteiger partial charge is 0.574 e. The quantitative estimate of drug-likeness (QED) is 0.105. The van der Waals surface area contributed by atoms with Gasteiger partial charge in [0, 0.05) is 135 Å². The highest BCUT2D eigenvalue weighted by molar-refractivity contribution is 5.45. The molecule has 17 nitrogen and oxygen atoms in total. The number of hydrogen-bond acceptors (Lipinski definition) is 17. The van der Waals surface area contributed by atoms with Gasteiger partial charge in [-0.1, -0.05) is 20.8 Å². The van der Waals surface area contributed by atoms with Crippen molar-refractivity contribution >= 4 is 5.82 Å². The van der Waals surface area contributed by atoms with Crippen molar-refractivity contribution in [3.8, 4) is 35.1 Å². The zero-order valence-electron chi connectivity index (χ0n) is 71.1. The first-order valence-electron chi connectivity index (χ1n) is 36.3. The summed E-state index contributed by atoms with van der Waals surface area (Å²) in [6, 6.07) is 18.0. The molecule has 0 radical (unpaired) electrons. The highest BCUT2D eigenvalue weighted by atomic mass is 19.4. The van der Waals surface area contributed by atoms with Crippen molar-refractivity contribution in [2.45, 2.75) is 218 Å². The molecule has 0 unspecified atom stereocenters. The SMILES string of the molecule is CCOc1cc(C)c(C)cn1.CCc1cc(C)c(C)cn1.COc1cc(C)c(C)cn1.COc1cc(N(C)C)ncc1C.Cc1cc(C)c(C)cn1.Cc1cnc(C(C)C)cc1C.Cc1cnc(C(F)(F)F)cc1C.Cc1cnc(OC(C)C)cc1C.Cc1cnc(OC(F)(F)F)cc1C.Cc1cnc(OC(F)F)cc1C. The van der Waals surface area contributed by atoms with Gasteiger partial charge in [0.05, 0.1) is 26.9 Å². The molecule has 0 aliphatic carbocycles. The molecule has 0 fully saturated rings. The molecule has 0 amide bonds. The number of methoxy groups -OCH3 is 2. The van der Waals surface area contributed by atoms with Crippen LogP contribution in [0.5, 0.6) is 35.1 Å². The molecule has 0 atom stereocenters. The molecule has 25 heteroatoms. The third-order valence-corrected chi connectivity index (χ3v) is 16.7. The molecule has 0 saturated heterocycles. The standard InChI is InChI=1S/C10H15NO.C10H15N.C9H14N2O.C9H13NO.C9H13N.C8H8F3NO.C8H8F3N.C8H9F2NO.C8H11NO.C8H11N/c1-7(2)12-10-5-8(3)9(4)6-11-10;1-7(2)10-5-8(3)9(4)6-11-10;1-7-6-10-9(11(2)3)5-8(7)12-4;1-4-11-9-5-7(2)8(3)6-10-9;1-4-9-5-7(2)8(3)6-10-9;1-5-3-7(12-4-6(5)2)13-8(9,10)11;1-5-3-7(8(9,10)11)12-4-6(5)2;1-5-3-7(12-8(9)10)11-4-6(5)2;1-6-4-8(10-3)9-5-7(6)2;1-6-4-8(3)9-5-7(6)2/h5-7H,1-4H3;5-7H,1-4H3;5-6H,1-4H3;5-6H,4H2,1-3H3;5-6H,4H2,1-3H3;3-4H,1-2H3;3-4H,1-2H3;3-4,8H,1-2H3;4-5H,1-3H3;4-5H,1-3H3. The molecule has 612 valence electrons. The number of alkyl halides is 8. The van der Waals surface area contributed by atoms with Gasteiger partial charge in [-0.3, -0.25) is 19.9 Å². The van der Waals surface area contributed by atoms with Crippen molar-refractivity contribution < 1.29 is 63.5 Å². The Labute approximate surface area is 659 Å². The van der Waals surface area contributed by atoms with Crippen molar-refractivity contribution in [3.63, 3.8) is 0 Å². The third kappa shape index (κ3) is 40.0. The lowest BCUT2D eigenvalue weighted by Crippen LogP contribution is -2.18. The molecule has 0 N–H and O–H groups in total. The minimum atomic E-state index is -4.67. The Kier molecular flexibility index (Phi) is 44.2. The van der Waals surface area contributed by atoms with Crippen LogP contribution >= 0.6 is 0 Å². The number of aryl methyl sites for hydroxylation is 21. The molecular weight excluding hydrogens is 1450 g/mol. The van der Waals surface area contributed by atoms with E-state index in [9.17, 15) is 35.1 Å². The topological polar surface area (TPSA) is 188 Å². The maximum Gasteiger partial charge on any atom is 0.574 e. The number of anilines is 1.